The zero-order valence-corrected chi connectivity index (χ0v) is 12.0. The van der Waals surface area contributed by atoms with E-state index in [2.05, 4.69) is 22.3 Å². The van der Waals surface area contributed by atoms with Gasteiger partial charge >= 0.3 is 0 Å². The van der Waals surface area contributed by atoms with Crippen LogP contribution in [0, 0.1) is 11.8 Å². The van der Waals surface area contributed by atoms with Crippen LogP contribution in [0.3, 0.4) is 0 Å². The molecule has 0 spiro atoms. The number of amides is 1. The summed E-state index contributed by atoms with van der Waals surface area (Å²) in [6.07, 6.45) is 3.28. The summed E-state index contributed by atoms with van der Waals surface area (Å²) in [7, 11) is 1.77. The molecule has 0 aliphatic heterocycles. The highest BCUT2D eigenvalue weighted by Crippen LogP contribution is 2.18. The number of aromatic nitrogens is 2. The standard InChI is InChI=1S/C16H17N3O2/c1-16(21,14-10-18-19(2)11-14)12-17-15(20)9-8-13-6-4-3-5-7-13/h3-7,10-11,21H,12H2,1-2H3,(H,17,20). The van der Waals surface area contributed by atoms with Gasteiger partial charge in [0.1, 0.15) is 5.60 Å². The molecule has 1 unspecified atom stereocenters. The highest BCUT2D eigenvalue weighted by molar-refractivity contribution is 5.94. The molecule has 0 radical (unpaired) electrons. The molecule has 0 saturated heterocycles. The van der Waals surface area contributed by atoms with Crippen LogP contribution in [0.4, 0.5) is 0 Å². The van der Waals surface area contributed by atoms with Crippen LogP contribution < -0.4 is 5.32 Å². The first-order valence-corrected chi connectivity index (χ1v) is 6.54. The molecule has 1 heterocycles. The summed E-state index contributed by atoms with van der Waals surface area (Å²) in [6.45, 7) is 1.69. The third kappa shape index (κ3) is 4.20. The first kappa shape index (κ1) is 14.8. The van der Waals surface area contributed by atoms with E-state index in [-0.39, 0.29) is 6.54 Å². The molecule has 2 aromatic rings. The summed E-state index contributed by atoms with van der Waals surface area (Å²) in [4.78, 5) is 11.7. The number of hydrogen-bond acceptors (Lipinski definition) is 3. The first-order chi connectivity index (χ1) is 9.97. The van der Waals surface area contributed by atoms with Crippen molar-refractivity contribution >= 4 is 5.91 Å². The summed E-state index contributed by atoms with van der Waals surface area (Å²) in [6, 6.07) is 9.25. The van der Waals surface area contributed by atoms with Gasteiger partial charge in [-0.2, -0.15) is 5.10 Å². The molecule has 0 fully saturated rings. The van der Waals surface area contributed by atoms with E-state index >= 15 is 0 Å². The lowest BCUT2D eigenvalue weighted by molar-refractivity contribution is -0.116. The number of aryl methyl sites for hydroxylation is 1. The maximum Gasteiger partial charge on any atom is 0.296 e. The van der Waals surface area contributed by atoms with Crippen LogP contribution in [0.5, 0.6) is 0 Å². The fourth-order valence-corrected chi connectivity index (χ4v) is 1.75. The van der Waals surface area contributed by atoms with E-state index in [1.807, 2.05) is 30.3 Å². The van der Waals surface area contributed by atoms with E-state index in [9.17, 15) is 9.90 Å². The van der Waals surface area contributed by atoms with Crippen molar-refractivity contribution in [3.63, 3.8) is 0 Å². The third-order valence-corrected chi connectivity index (χ3v) is 3.01. The molecule has 2 rings (SSSR count). The molecule has 1 amide bonds. The molecule has 21 heavy (non-hydrogen) atoms. The van der Waals surface area contributed by atoms with Crippen molar-refractivity contribution in [2.45, 2.75) is 12.5 Å². The Morgan fingerprint density at radius 3 is 2.76 bits per heavy atom. The minimum Gasteiger partial charge on any atom is -0.383 e. The van der Waals surface area contributed by atoms with E-state index < -0.39 is 11.5 Å². The molecule has 0 aliphatic carbocycles. The van der Waals surface area contributed by atoms with Crippen LogP contribution >= 0.6 is 0 Å². The number of benzene rings is 1. The predicted molar refractivity (Wildman–Crippen MR) is 79.1 cm³/mol. The molecule has 108 valence electrons. The van der Waals surface area contributed by atoms with Crippen molar-refractivity contribution in [3.8, 4) is 11.8 Å². The minimum atomic E-state index is -1.18. The van der Waals surface area contributed by atoms with Gasteiger partial charge in [-0.1, -0.05) is 24.1 Å². The lowest BCUT2D eigenvalue weighted by atomic mass is 10.00. The van der Waals surface area contributed by atoms with Gasteiger partial charge in [0.05, 0.1) is 12.7 Å². The minimum absolute atomic E-state index is 0.0704. The lowest BCUT2D eigenvalue weighted by Crippen LogP contribution is -2.37. The summed E-state index contributed by atoms with van der Waals surface area (Å²) < 4.78 is 1.60. The van der Waals surface area contributed by atoms with Gasteiger partial charge in [-0.25, -0.2) is 0 Å². The Bertz CT molecular complexity index is 678. The molecule has 5 heteroatoms. The number of carbonyl (C=O) groups excluding carboxylic acids is 1. The fourth-order valence-electron chi connectivity index (χ4n) is 1.75. The average Bonchev–Trinajstić information content (AvgIpc) is 2.92. The molecule has 0 bridgehead atoms. The summed E-state index contributed by atoms with van der Waals surface area (Å²) in [5.74, 6) is 4.83. The van der Waals surface area contributed by atoms with Crippen molar-refractivity contribution in [1.29, 1.82) is 0 Å². The van der Waals surface area contributed by atoms with E-state index in [4.69, 9.17) is 0 Å². The monoisotopic (exact) mass is 283 g/mol. The number of nitrogens with zero attached hydrogens (tertiary/aromatic N) is 2. The van der Waals surface area contributed by atoms with Crippen LogP contribution in [-0.4, -0.2) is 27.3 Å². The molecular weight excluding hydrogens is 266 g/mol. The summed E-state index contributed by atoms with van der Waals surface area (Å²) in [5.41, 5.74) is 0.228. The smallest absolute Gasteiger partial charge is 0.296 e. The van der Waals surface area contributed by atoms with E-state index in [1.165, 1.54) is 0 Å². The third-order valence-electron chi connectivity index (χ3n) is 3.01. The zero-order valence-electron chi connectivity index (χ0n) is 12.0. The molecule has 1 aromatic carbocycles. The SMILES string of the molecule is Cn1cc(C(C)(O)CNC(=O)C#Cc2ccccc2)cn1. The van der Waals surface area contributed by atoms with Crippen molar-refractivity contribution in [3.05, 3.63) is 53.9 Å². The quantitative estimate of drug-likeness (QED) is 0.819. The molecule has 0 aliphatic rings. The van der Waals surface area contributed by atoms with Crippen molar-refractivity contribution in [1.82, 2.24) is 15.1 Å². The van der Waals surface area contributed by atoms with Crippen LogP contribution in [-0.2, 0) is 17.4 Å². The van der Waals surface area contributed by atoms with Gasteiger partial charge in [-0.15, -0.1) is 0 Å². The Hall–Kier alpha value is -2.58. The topological polar surface area (TPSA) is 67.2 Å². The van der Waals surface area contributed by atoms with E-state index in [0.717, 1.165) is 5.56 Å². The summed E-state index contributed by atoms with van der Waals surface area (Å²) >= 11 is 0. The molecule has 1 atom stereocenters. The Labute approximate surface area is 123 Å². The second-order valence-corrected chi connectivity index (χ2v) is 4.98. The predicted octanol–water partition coefficient (Wildman–Crippen LogP) is 0.795. The highest BCUT2D eigenvalue weighted by atomic mass is 16.3. The Morgan fingerprint density at radius 1 is 1.43 bits per heavy atom. The summed E-state index contributed by atoms with van der Waals surface area (Å²) in [5, 5.41) is 16.9. The van der Waals surface area contributed by atoms with Crippen LogP contribution in [0.1, 0.15) is 18.1 Å². The van der Waals surface area contributed by atoms with E-state index in [0.29, 0.717) is 5.56 Å². The Kier molecular flexibility index (Phi) is 4.41. The molecule has 0 saturated carbocycles. The number of rotatable bonds is 3. The van der Waals surface area contributed by atoms with Crippen LogP contribution in [0.2, 0.25) is 0 Å². The van der Waals surface area contributed by atoms with Gasteiger partial charge in [0.15, 0.2) is 0 Å². The van der Waals surface area contributed by atoms with Crippen LogP contribution in [0.15, 0.2) is 42.7 Å². The lowest BCUT2D eigenvalue weighted by Gasteiger charge is -2.21. The Morgan fingerprint density at radius 2 is 2.14 bits per heavy atom. The van der Waals surface area contributed by atoms with Gasteiger partial charge < -0.3 is 10.4 Å². The molecule has 1 aromatic heterocycles. The maximum atomic E-state index is 11.7. The van der Waals surface area contributed by atoms with Crippen molar-refractivity contribution in [2.75, 3.05) is 6.54 Å². The zero-order chi connectivity index (χ0) is 15.3. The Balaban J connectivity index is 1.94. The number of nitrogens with one attached hydrogen (secondary N) is 1. The van der Waals surface area contributed by atoms with Crippen molar-refractivity contribution in [2.24, 2.45) is 7.05 Å². The van der Waals surface area contributed by atoms with E-state index in [1.54, 1.807) is 31.0 Å². The van der Waals surface area contributed by atoms with Crippen molar-refractivity contribution < 1.29 is 9.90 Å². The first-order valence-electron chi connectivity index (χ1n) is 6.54. The molecule has 2 N–H and O–H groups in total. The van der Waals surface area contributed by atoms with Gasteiger partial charge in [0.25, 0.3) is 5.91 Å². The maximum absolute atomic E-state index is 11.7. The second-order valence-electron chi connectivity index (χ2n) is 4.98. The number of aliphatic hydroxyl groups is 1. The molecular formula is C16H17N3O2. The average molecular weight is 283 g/mol. The fraction of sp³-hybridized carbons (Fsp3) is 0.250. The highest BCUT2D eigenvalue weighted by Gasteiger charge is 2.25. The second kappa shape index (κ2) is 6.25. The normalized spacial score (nSPS) is 12.9. The largest absolute Gasteiger partial charge is 0.383 e. The number of carbonyl (C=O) groups is 1. The van der Waals surface area contributed by atoms with Gasteiger partial charge in [-0.3, -0.25) is 9.48 Å². The van der Waals surface area contributed by atoms with Crippen LogP contribution in [0.25, 0.3) is 0 Å². The van der Waals surface area contributed by atoms with Gasteiger partial charge in [0, 0.05) is 30.3 Å². The van der Waals surface area contributed by atoms with Gasteiger partial charge in [-0.05, 0) is 19.1 Å². The number of hydrogen-bond donors (Lipinski definition) is 2. The van der Waals surface area contributed by atoms with Gasteiger partial charge in [0.2, 0.25) is 0 Å². The molecule has 5 nitrogen and oxygen atoms in total.